The van der Waals surface area contributed by atoms with Gasteiger partial charge in [0.15, 0.2) is 11.5 Å². The molecule has 3 nitrogen and oxygen atoms in total. The first-order valence-electron chi connectivity index (χ1n) is 9.24. The molecule has 3 rings (SSSR count). The summed E-state index contributed by atoms with van der Waals surface area (Å²) in [4.78, 5) is 0. The predicted molar refractivity (Wildman–Crippen MR) is 121 cm³/mol. The molecule has 0 atom stereocenters. The number of nitrogens with one attached hydrogen (secondary N) is 1. The molecule has 0 aliphatic rings. The predicted octanol–water partition coefficient (Wildman–Crippen LogP) is 6.57. The van der Waals surface area contributed by atoms with Crippen molar-refractivity contribution in [1.82, 2.24) is 5.32 Å². The summed E-state index contributed by atoms with van der Waals surface area (Å²) in [6.07, 6.45) is 0.827. The van der Waals surface area contributed by atoms with Crippen molar-refractivity contribution < 1.29 is 9.47 Å². The van der Waals surface area contributed by atoms with Gasteiger partial charge in [-0.15, -0.1) is 0 Å². The maximum atomic E-state index is 6.22. The summed E-state index contributed by atoms with van der Waals surface area (Å²) in [6, 6.07) is 19.1. The summed E-state index contributed by atoms with van der Waals surface area (Å²) >= 11 is 18.2. The highest BCUT2D eigenvalue weighted by Crippen LogP contribution is 2.29. The van der Waals surface area contributed by atoms with Crippen molar-refractivity contribution in [3.63, 3.8) is 0 Å². The van der Waals surface area contributed by atoms with E-state index in [0.29, 0.717) is 33.2 Å². The average molecular weight is 451 g/mol. The Morgan fingerprint density at radius 1 is 0.828 bits per heavy atom. The minimum atomic E-state index is 0.427. The molecule has 29 heavy (non-hydrogen) atoms. The molecule has 0 unspecified atom stereocenters. The molecule has 1 N–H and O–H groups in total. The van der Waals surface area contributed by atoms with Crippen LogP contribution in [0.5, 0.6) is 11.5 Å². The van der Waals surface area contributed by atoms with Gasteiger partial charge in [-0.1, -0.05) is 59.1 Å². The first-order chi connectivity index (χ1) is 14.0. The maximum Gasteiger partial charge on any atom is 0.161 e. The summed E-state index contributed by atoms with van der Waals surface area (Å²) in [5.41, 5.74) is 3.19. The van der Waals surface area contributed by atoms with E-state index in [2.05, 4.69) is 5.32 Å². The Hall–Kier alpha value is -1.91. The molecule has 3 aromatic rings. The third-order valence-electron chi connectivity index (χ3n) is 4.43. The van der Waals surface area contributed by atoms with Crippen LogP contribution < -0.4 is 14.8 Å². The first kappa shape index (κ1) is 21.8. The topological polar surface area (TPSA) is 30.5 Å². The Morgan fingerprint density at radius 3 is 2.41 bits per heavy atom. The van der Waals surface area contributed by atoms with Crippen LogP contribution in [0.25, 0.3) is 0 Å². The van der Waals surface area contributed by atoms with Crippen molar-refractivity contribution in [2.24, 2.45) is 0 Å². The lowest BCUT2D eigenvalue weighted by Crippen LogP contribution is -2.16. The summed E-state index contributed by atoms with van der Waals surface area (Å²) in [6.45, 7) is 1.95. The Morgan fingerprint density at radius 2 is 1.66 bits per heavy atom. The van der Waals surface area contributed by atoms with Gasteiger partial charge in [0.1, 0.15) is 6.61 Å². The van der Waals surface area contributed by atoms with Crippen LogP contribution in [0.3, 0.4) is 0 Å². The van der Waals surface area contributed by atoms with E-state index in [0.717, 1.165) is 36.2 Å². The molecule has 3 aromatic carbocycles. The van der Waals surface area contributed by atoms with Gasteiger partial charge in [-0.05, 0) is 66.1 Å². The fourth-order valence-corrected chi connectivity index (χ4v) is 3.63. The highest BCUT2D eigenvalue weighted by molar-refractivity contribution is 6.35. The number of hydrogen-bond acceptors (Lipinski definition) is 3. The van der Waals surface area contributed by atoms with Gasteiger partial charge < -0.3 is 14.8 Å². The SMILES string of the molecule is COc1cc(CNCCc2ccc(Cl)cc2Cl)ccc1OCc1cccc(Cl)c1. The van der Waals surface area contributed by atoms with Gasteiger partial charge in [-0.25, -0.2) is 0 Å². The minimum absolute atomic E-state index is 0.427. The van der Waals surface area contributed by atoms with Gasteiger partial charge in [0.25, 0.3) is 0 Å². The molecule has 0 spiro atoms. The molecule has 0 saturated carbocycles. The highest BCUT2D eigenvalue weighted by atomic mass is 35.5. The number of methoxy groups -OCH3 is 1. The number of ether oxygens (including phenoxy) is 2. The number of hydrogen-bond donors (Lipinski definition) is 1. The van der Waals surface area contributed by atoms with Crippen LogP contribution >= 0.6 is 34.8 Å². The maximum absolute atomic E-state index is 6.22. The van der Waals surface area contributed by atoms with Crippen LogP contribution in [-0.4, -0.2) is 13.7 Å². The Balaban J connectivity index is 1.52. The van der Waals surface area contributed by atoms with Crippen LogP contribution in [0.2, 0.25) is 15.1 Å². The summed E-state index contributed by atoms with van der Waals surface area (Å²) < 4.78 is 11.4. The van der Waals surface area contributed by atoms with Crippen molar-refractivity contribution in [3.8, 4) is 11.5 Å². The summed E-state index contributed by atoms with van der Waals surface area (Å²) in [5, 5.41) is 5.46. The highest BCUT2D eigenvalue weighted by Gasteiger charge is 2.07. The van der Waals surface area contributed by atoms with Crippen LogP contribution in [0.4, 0.5) is 0 Å². The molecular formula is C23H22Cl3NO2. The first-order valence-corrected chi connectivity index (χ1v) is 10.4. The zero-order valence-corrected chi connectivity index (χ0v) is 18.3. The van der Waals surface area contributed by atoms with E-state index in [1.54, 1.807) is 13.2 Å². The van der Waals surface area contributed by atoms with E-state index in [1.165, 1.54) is 0 Å². The van der Waals surface area contributed by atoms with Crippen molar-refractivity contribution in [3.05, 3.63) is 92.4 Å². The van der Waals surface area contributed by atoms with Crippen molar-refractivity contribution >= 4 is 34.8 Å². The zero-order chi connectivity index (χ0) is 20.6. The second-order valence-electron chi connectivity index (χ2n) is 6.57. The fraction of sp³-hybridized carbons (Fsp3) is 0.217. The third kappa shape index (κ3) is 6.55. The molecule has 0 saturated heterocycles. The van der Waals surface area contributed by atoms with Crippen molar-refractivity contribution in [1.29, 1.82) is 0 Å². The Bertz CT molecular complexity index is 963. The van der Waals surface area contributed by atoms with Crippen LogP contribution in [0, 0.1) is 0 Å². The quantitative estimate of drug-likeness (QED) is 0.374. The van der Waals surface area contributed by atoms with Crippen LogP contribution in [-0.2, 0) is 19.6 Å². The van der Waals surface area contributed by atoms with Gasteiger partial charge in [0, 0.05) is 21.6 Å². The molecule has 0 radical (unpaired) electrons. The van der Waals surface area contributed by atoms with E-state index in [9.17, 15) is 0 Å². The van der Waals surface area contributed by atoms with Gasteiger partial charge in [-0.3, -0.25) is 0 Å². The zero-order valence-electron chi connectivity index (χ0n) is 16.1. The minimum Gasteiger partial charge on any atom is -0.493 e. The lowest BCUT2D eigenvalue weighted by Gasteiger charge is -2.13. The normalized spacial score (nSPS) is 10.8. The smallest absolute Gasteiger partial charge is 0.161 e. The van der Waals surface area contributed by atoms with Gasteiger partial charge in [0.2, 0.25) is 0 Å². The van der Waals surface area contributed by atoms with E-state index >= 15 is 0 Å². The van der Waals surface area contributed by atoms with Gasteiger partial charge in [0.05, 0.1) is 7.11 Å². The average Bonchev–Trinajstić information content (AvgIpc) is 2.71. The van der Waals surface area contributed by atoms with Crippen molar-refractivity contribution in [2.75, 3.05) is 13.7 Å². The van der Waals surface area contributed by atoms with Gasteiger partial charge in [-0.2, -0.15) is 0 Å². The van der Waals surface area contributed by atoms with Crippen LogP contribution in [0.1, 0.15) is 16.7 Å². The third-order valence-corrected chi connectivity index (χ3v) is 5.25. The monoisotopic (exact) mass is 449 g/mol. The molecule has 0 amide bonds. The molecule has 0 aliphatic heterocycles. The van der Waals surface area contributed by atoms with Crippen LogP contribution in [0.15, 0.2) is 60.7 Å². The standard InChI is InChI=1S/C23H22Cl3NO2/c1-28-23-12-16(14-27-10-9-18-6-7-20(25)13-21(18)26)5-8-22(23)29-15-17-3-2-4-19(24)11-17/h2-8,11-13,27H,9-10,14-15H2,1H3. The lowest BCUT2D eigenvalue weighted by molar-refractivity contribution is 0.284. The second kappa shape index (κ2) is 10.7. The number of halogens is 3. The fourth-order valence-electron chi connectivity index (χ4n) is 2.91. The molecule has 152 valence electrons. The molecule has 0 heterocycles. The van der Waals surface area contributed by atoms with E-state index in [1.807, 2.05) is 54.6 Å². The Kier molecular flexibility index (Phi) is 8.08. The van der Waals surface area contributed by atoms with E-state index < -0.39 is 0 Å². The Labute approximate surface area is 186 Å². The van der Waals surface area contributed by atoms with E-state index in [-0.39, 0.29) is 0 Å². The largest absolute Gasteiger partial charge is 0.493 e. The van der Waals surface area contributed by atoms with Gasteiger partial charge >= 0.3 is 0 Å². The molecule has 6 heteroatoms. The molecule has 0 aliphatic carbocycles. The van der Waals surface area contributed by atoms with Crippen molar-refractivity contribution in [2.45, 2.75) is 19.6 Å². The molecule has 0 aromatic heterocycles. The summed E-state index contributed by atoms with van der Waals surface area (Å²) in [5.74, 6) is 1.40. The molecule has 0 bridgehead atoms. The second-order valence-corrected chi connectivity index (χ2v) is 7.85. The number of benzene rings is 3. The lowest BCUT2D eigenvalue weighted by atomic mass is 10.1. The molecular weight excluding hydrogens is 429 g/mol. The summed E-state index contributed by atoms with van der Waals surface area (Å²) in [7, 11) is 1.64. The van der Waals surface area contributed by atoms with E-state index in [4.69, 9.17) is 44.3 Å². The molecule has 0 fully saturated rings. The number of rotatable bonds is 9.